The van der Waals surface area contributed by atoms with E-state index >= 15 is 0 Å². The van der Waals surface area contributed by atoms with Gasteiger partial charge < -0.3 is 29.3 Å². The van der Waals surface area contributed by atoms with Crippen molar-refractivity contribution in [3.05, 3.63) is 12.2 Å². The number of carbonyl (C=O) groups excluding carboxylic acids is 1. The van der Waals surface area contributed by atoms with Gasteiger partial charge in [-0.05, 0) is 0 Å². The Balaban J connectivity index is 1.80. The van der Waals surface area contributed by atoms with Crippen LogP contribution >= 0.6 is 8.60 Å². The minimum absolute atomic E-state index is 0.0472. The van der Waals surface area contributed by atoms with Crippen LogP contribution in [0.1, 0.15) is 12.1 Å². The van der Waals surface area contributed by atoms with Gasteiger partial charge in [-0.15, -0.1) is 0 Å². The van der Waals surface area contributed by atoms with Crippen LogP contribution in [0.5, 0.6) is 0 Å². The van der Waals surface area contributed by atoms with Gasteiger partial charge in [-0.3, -0.25) is 9.36 Å². The molecule has 0 spiro atoms. The molecule has 13 heteroatoms. The summed E-state index contributed by atoms with van der Waals surface area (Å²) >= 11 is 0. The third-order valence-corrected chi connectivity index (χ3v) is 5.00. The molecule has 26 heavy (non-hydrogen) atoms. The molecule has 2 aliphatic heterocycles. The SMILES string of the molecule is CNC(=O)[C@H]1O[C@@H](n2cnc3c(NC)nc(C#N)nc32)[C@@H]2OP(O)O[C@@H]21. The van der Waals surface area contributed by atoms with Gasteiger partial charge in [-0.2, -0.15) is 15.2 Å². The first kappa shape index (κ1) is 17.0. The lowest BCUT2D eigenvalue weighted by Crippen LogP contribution is -2.40. The van der Waals surface area contributed by atoms with E-state index in [4.69, 9.17) is 19.0 Å². The molecule has 136 valence electrons. The van der Waals surface area contributed by atoms with E-state index < -0.39 is 39.0 Å². The minimum atomic E-state index is -2.11. The summed E-state index contributed by atoms with van der Waals surface area (Å²) in [5.74, 6) is -0.0613. The molecule has 2 saturated heterocycles. The Morgan fingerprint density at radius 1 is 1.38 bits per heavy atom. The largest absolute Gasteiger partial charge is 0.371 e. The topological polar surface area (TPSA) is 156 Å². The molecule has 0 radical (unpaired) electrons. The summed E-state index contributed by atoms with van der Waals surface area (Å²) in [4.78, 5) is 34.3. The van der Waals surface area contributed by atoms with E-state index in [-0.39, 0.29) is 5.82 Å². The number of nitrogens with zero attached hydrogens (tertiary/aromatic N) is 5. The molecule has 5 atom stereocenters. The van der Waals surface area contributed by atoms with E-state index in [1.807, 2.05) is 6.07 Å². The van der Waals surface area contributed by atoms with Crippen molar-refractivity contribution >= 4 is 31.5 Å². The molecular formula is C13H14N7O5P. The third kappa shape index (κ3) is 2.49. The lowest BCUT2D eigenvalue weighted by atomic mass is 10.1. The van der Waals surface area contributed by atoms with Crippen molar-refractivity contribution in [3.63, 3.8) is 0 Å². The first-order valence-electron chi connectivity index (χ1n) is 7.59. The fraction of sp³-hybridized carbons (Fsp3) is 0.462. The molecule has 2 aliphatic rings. The van der Waals surface area contributed by atoms with E-state index in [9.17, 15) is 9.69 Å². The first-order chi connectivity index (χ1) is 12.6. The summed E-state index contributed by atoms with van der Waals surface area (Å²) in [5, 5.41) is 14.5. The van der Waals surface area contributed by atoms with Gasteiger partial charge in [-0.25, -0.2) is 4.98 Å². The average Bonchev–Trinajstić information content (AvgIpc) is 3.32. The summed E-state index contributed by atoms with van der Waals surface area (Å²) in [6.45, 7) is 0. The van der Waals surface area contributed by atoms with Gasteiger partial charge in [0.15, 0.2) is 29.3 Å². The number of hydrogen-bond acceptors (Lipinski definition) is 10. The van der Waals surface area contributed by atoms with Crippen LogP contribution < -0.4 is 10.6 Å². The van der Waals surface area contributed by atoms with Crippen molar-refractivity contribution in [2.45, 2.75) is 24.5 Å². The smallest absolute Gasteiger partial charge is 0.330 e. The van der Waals surface area contributed by atoms with Crippen LogP contribution in [0, 0.1) is 11.3 Å². The van der Waals surface area contributed by atoms with Crippen LogP contribution in [-0.4, -0.2) is 62.7 Å². The zero-order valence-corrected chi connectivity index (χ0v) is 14.5. The van der Waals surface area contributed by atoms with Crippen LogP contribution in [-0.2, 0) is 18.6 Å². The summed E-state index contributed by atoms with van der Waals surface area (Å²) in [6.07, 6.45) is -1.83. The second-order valence-corrected chi connectivity index (χ2v) is 6.42. The summed E-state index contributed by atoms with van der Waals surface area (Å²) in [6, 6.07) is 1.89. The molecule has 0 aliphatic carbocycles. The average molecular weight is 379 g/mol. The Labute approximate surface area is 148 Å². The highest BCUT2D eigenvalue weighted by Crippen LogP contribution is 2.53. The summed E-state index contributed by atoms with van der Waals surface area (Å²) in [7, 11) is 1.02. The number of aromatic nitrogens is 4. The van der Waals surface area contributed by atoms with Crippen LogP contribution in [0.25, 0.3) is 11.2 Å². The van der Waals surface area contributed by atoms with E-state index in [1.54, 1.807) is 7.05 Å². The van der Waals surface area contributed by atoms with Crippen molar-refractivity contribution < 1.29 is 23.5 Å². The zero-order valence-electron chi connectivity index (χ0n) is 13.7. The number of fused-ring (bicyclic) bond motifs is 2. The van der Waals surface area contributed by atoms with E-state index in [2.05, 4.69) is 25.6 Å². The lowest BCUT2D eigenvalue weighted by molar-refractivity contribution is -0.137. The Hall–Kier alpha value is -2.42. The molecule has 2 aromatic rings. The highest BCUT2D eigenvalue weighted by molar-refractivity contribution is 7.40. The fourth-order valence-electron chi connectivity index (χ4n) is 3.00. The monoisotopic (exact) mass is 379 g/mol. The molecular weight excluding hydrogens is 365 g/mol. The Morgan fingerprint density at radius 3 is 2.85 bits per heavy atom. The van der Waals surface area contributed by atoms with Crippen LogP contribution in [0.4, 0.5) is 5.82 Å². The standard InChI is InChI=1S/C13H14N7O5P/c1-15-10-6-11(19-5(3-14)18-10)20(4-17-6)13-9-7(24-26(22)25-9)8(23-13)12(21)16-2/h4,7-9,13,22H,1-2H3,(H,16,21)(H,15,18,19)/t7-,8+,9-,13-,26?/m1/s1. The van der Waals surface area contributed by atoms with Gasteiger partial charge in [0.1, 0.15) is 18.3 Å². The van der Waals surface area contributed by atoms with Crippen molar-refractivity contribution in [2.24, 2.45) is 0 Å². The van der Waals surface area contributed by atoms with Crippen molar-refractivity contribution in [1.29, 1.82) is 5.26 Å². The zero-order chi connectivity index (χ0) is 18.4. The van der Waals surface area contributed by atoms with E-state index in [0.29, 0.717) is 17.0 Å². The number of likely N-dealkylation sites (N-methyl/N-ethyl adjacent to an activating group) is 1. The Morgan fingerprint density at radius 2 is 2.15 bits per heavy atom. The Kier molecular flexibility index (Phi) is 4.18. The molecule has 4 heterocycles. The summed E-state index contributed by atoms with van der Waals surface area (Å²) < 4.78 is 18.1. The number of ether oxygens (including phenoxy) is 1. The number of anilines is 1. The molecule has 12 nitrogen and oxygen atoms in total. The molecule has 2 fully saturated rings. The van der Waals surface area contributed by atoms with Gasteiger partial charge in [0.05, 0.1) is 6.33 Å². The fourth-order valence-corrected chi connectivity index (χ4v) is 3.92. The lowest BCUT2D eigenvalue weighted by Gasteiger charge is -2.18. The van der Waals surface area contributed by atoms with E-state index in [0.717, 1.165) is 0 Å². The van der Waals surface area contributed by atoms with Crippen LogP contribution in [0.2, 0.25) is 0 Å². The van der Waals surface area contributed by atoms with Crippen molar-refractivity contribution in [3.8, 4) is 6.07 Å². The number of carbonyl (C=O) groups is 1. The van der Waals surface area contributed by atoms with Gasteiger partial charge in [0.2, 0.25) is 5.82 Å². The highest BCUT2D eigenvalue weighted by Gasteiger charge is 2.56. The van der Waals surface area contributed by atoms with Gasteiger partial charge in [0, 0.05) is 14.1 Å². The molecule has 0 bridgehead atoms. The van der Waals surface area contributed by atoms with Crippen molar-refractivity contribution in [2.75, 3.05) is 19.4 Å². The molecule has 3 N–H and O–H groups in total. The van der Waals surface area contributed by atoms with Gasteiger partial charge >= 0.3 is 8.60 Å². The maximum atomic E-state index is 12.1. The Bertz CT molecular complexity index is 914. The second-order valence-electron chi connectivity index (χ2n) is 5.52. The number of imidazole rings is 1. The predicted molar refractivity (Wildman–Crippen MR) is 86.4 cm³/mol. The van der Waals surface area contributed by atoms with Crippen LogP contribution in [0.3, 0.4) is 0 Å². The molecule has 0 aromatic carbocycles. The molecule has 1 amide bonds. The van der Waals surface area contributed by atoms with Crippen LogP contribution in [0.15, 0.2) is 6.33 Å². The number of hydrogen-bond donors (Lipinski definition) is 3. The second kappa shape index (κ2) is 6.39. The normalized spacial score (nSPS) is 30.2. The number of nitrogens with one attached hydrogen (secondary N) is 2. The molecule has 0 saturated carbocycles. The van der Waals surface area contributed by atoms with Gasteiger partial charge in [-0.1, -0.05) is 0 Å². The quantitative estimate of drug-likeness (QED) is 0.588. The predicted octanol–water partition coefficient (Wildman–Crippen LogP) is -0.614. The van der Waals surface area contributed by atoms with E-state index in [1.165, 1.54) is 17.9 Å². The van der Waals surface area contributed by atoms with Gasteiger partial charge in [0.25, 0.3) is 5.91 Å². The minimum Gasteiger partial charge on any atom is -0.371 e. The molecule has 4 rings (SSSR count). The number of rotatable bonds is 3. The highest BCUT2D eigenvalue weighted by atomic mass is 31.2. The summed E-state index contributed by atoms with van der Waals surface area (Å²) in [5.41, 5.74) is 0.764. The maximum Gasteiger partial charge on any atom is 0.330 e. The molecule has 1 unspecified atom stereocenters. The third-order valence-electron chi connectivity index (χ3n) is 4.15. The number of nitriles is 1. The maximum absolute atomic E-state index is 12.1. The molecule has 2 aromatic heterocycles. The number of amides is 1. The first-order valence-corrected chi connectivity index (χ1v) is 8.72. The van der Waals surface area contributed by atoms with Crippen molar-refractivity contribution in [1.82, 2.24) is 24.8 Å².